The molecule has 0 aliphatic carbocycles. The average Bonchev–Trinajstić information content (AvgIpc) is 3.10. The Morgan fingerprint density at radius 3 is 2.65 bits per heavy atom. The van der Waals surface area contributed by atoms with Gasteiger partial charge in [0, 0.05) is 19.2 Å². The molecule has 0 saturated heterocycles. The molecule has 1 aromatic carbocycles. The van der Waals surface area contributed by atoms with Crippen molar-refractivity contribution < 1.29 is 28.2 Å². The monoisotopic (exact) mass is 471 g/mol. The van der Waals surface area contributed by atoms with Gasteiger partial charge in [-0.25, -0.2) is 18.6 Å². The van der Waals surface area contributed by atoms with Crippen molar-refractivity contribution in [1.82, 2.24) is 20.0 Å². The van der Waals surface area contributed by atoms with E-state index in [4.69, 9.17) is 15.1 Å². The third-order valence-corrected chi connectivity index (χ3v) is 5.09. The molecule has 11 heteroatoms. The van der Waals surface area contributed by atoms with Crippen LogP contribution < -0.4 is 15.4 Å². The molecule has 3 N–H and O–H groups in total. The minimum absolute atomic E-state index is 0.0266. The largest absolute Gasteiger partial charge is 0.485 e. The van der Waals surface area contributed by atoms with Gasteiger partial charge in [-0.1, -0.05) is 6.07 Å². The Bertz CT molecular complexity index is 1250. The molecule has 0 aliphatic heterocycles. The molecular formula is C23H23F2N5O4. The van der Waals surface area contributed by atoms with E-state index in [0.29, 0.717) is 11.3 Å². The van der Waals surface area contributed by atoms with Crippen LogP contribution in [0, 0.1) is 36.8 Å². The van der Waals surface area contributed by atoms with Crippen molar-refractivity contribution in [2.24, 2.45) is 0 Å². The summed E-state index contributed by atoms with van der Waals surface area (Å²) in [5.74, 6) is -1.73. The first-order valence-electron chi connectivity index (χ1n) is 10.4. The summed E-state index contributed by atoms with van der Waals surface area (Å²) in [5.41, 5.74) is 1.36. The maximum atomic E-state index is 14.0. The standard InChI is InChI=1S/C23H23F2N5O4/c1-13-9-19(34-12-16-17(24)6-3-7-18(16)25)21-28-14(2)20(30(21)11-13)22(31)27-10-15(5-4-8-26)29-23(32)33/h3,6-7,9,11,15,29H,4-5,10,12H2,1-2H3,(H,27,31)(H,32,33). The fourth-order valence-corrected chi connectivity index (χ4v) is 3.50. The lowest BCUT2D eigenvalue weighted by Gasteiger charge is -2.16. The number of rotatable bonds is 9. The van der Waals surface area contributed by atoms with Gasteiger partial charge in [-0.15, -0.1) is 0 Å². The fraction of sp³-hybridized carbons (Fsp3) is 0.304. The molecule has 0 spiro atoms. The number of imidazole rings is 1. The molecule has 3 rings (SSSR count). The number of hydrogen-bond acceptors (Lipinski definition) is 5. The van der Waals surface area contributed by atoms with Gasteiger partial charge in [0.05, 0.1) is 23.4 Å². The van der Waals surface area contributed by atoms with Gasteiger partial charge in [0.2, 0.25) is 0 Å². The number of halogens is 2. The summed E-state index contributed by atoms with van der Waals surface area (Å²) in [4.78, 5) is 28.3. The Hall–Kier alpha value is -4.20. The normalized spacial score (nSPS) is 11.6. The number of nitrogens with one attached hydrogen (secondary N) is 2. The summed E-state index contributed by atoms with van der Waals surface area (Å²) < 4.78 is 35.1. The van der Waals surface area contributed by atoms with E-state index in [1.807, 2.05) is 6.07 Å². The third kappa shape index (κ3) is 5.58. The van der Waals surface area contributed by atoms with E-state index in [2.05, 4.69) is 15.6 Å². The Kier molecular flexibility index (Phi) is 7.63. The number of carbonyl (C=O) groups is 2. The van der Waals surface area contributed by atoms with Crippen LogP contribution in [0.4, 0.5) is 13.6 Å². The van der Waals surface area contributed by atoms with Crippen LogP contribution in [0.2, 0.25) is 0 Å². The number of aryl methyl sites for hydroxylation is 2. The predicted octanol–water partition coefficient (Wildman–Crippen LogP) is 3.48. The number of aromatic nitrogens is 2. The minimum atomic E-state index is -1.26. The molecule has 0 radical (unpaired) electrons. The van der Waals surface area contributed by atoms with E-state index in [1.165, 1.54) is 10.5 Å². The molecule has 178 valence electrons. The second-order valence-corrected chi connectivity index (χ2v) is 7.66. The third-order valence-electron chi connectivity index (χ3n) is 5.09. The van der Waals surface area contributed by atoms with Gasteiger partial charge in [0.25, 0.3) is 5.91 Å². The number of ether oxygens (including phenoxy) is 1. The molecule has 2 aromatic heterocycles. The SMILES string of the molecule is Cc1cc(OCc2c(F)cccc2F)c2nc(C)c(C(=O)NCC(CCC#N)NC(=O)O)n2c1. The van der Waals surface area contributed by atoms with E-state index in [1.54, 1.807) is 26.1 Å². The topological polar surface area (TPSA) is 129 Å². The molecule has 2 heterocycles. The van der Waals surface area contributed by atoms with Gasteiger partial charge in [0.15, 0.2) is 11.4 Å². The highest BCUT2D eigenvalue weighted by atomic mass is 19.1. The van der Waals surface area contributed by atoms with Gasteiger partial charge in [0.1, 0.15) is 23.9 Å². The van der Waals surface area contributed by atoms with Crippen molar-refractivity contribution >= 4 is 17.6 Å². The van der Waals surface area contributed by atoms with E-state index in [9.17, 15) is 18.4 Å². The van der Waals surface area contributed by atoms with Crippen LogP contribution in [0.1, 0.15) is 40.2 Å². The van der Waals surface area contributed by atoms with Crippen molar-refractivity contribution in [3.05, 3.63) is 64.6 Å². The van der Waals surface area contributed by atoms with Gasteiger partial charge in [-0.3, -0.25) is 9.20 Å². The quantitative estimate of drug-likeness (QED) is 0.438. The second kappa shape index (κ2) is 10.6. The van der Waals surface area contributed by atoms with Crippen molar-refractivity contribution in [3.63, 3.8) is 0 Å². The number of benzene rings is 1. The summed E-state index contributed by atoms with van der Waals surface area (Å²) in [5, 5.41) is 22.7. The number of nitriles is 1. The summed E-state index contributed by atoms with van der Waals surface area (Å²) in [7, 11) is 0. The molecule has 2 amide bonds. The predicted molar refractivity (Wildman–Crippen MR) is 117 cm³/mol. The molecule has 0 bridgehead atoms. The highest BCUT2D eigenvalue weighted by Crippen LogP contribution is 2.26. The number of carboxylic acid groups (broad SMARTS) is 1. The maximum Gasteiger partial charge on any atom is 0.404 e. The van der Waals surface area contributed by atoms with Crippen LogP contribution in [0.5, 0.6) is 5.75 Å². The van der Waals surface area contributed by atoms with Crippen LogP contribution in [-0.2, 0) is 6.61 Å². The van der Waals surface area contributed by atoms with Gasteiger partial charge < -0.3 is 20.5 Å². The van der Waals surface area contributed by atoms with Gasteiger partial charge in [-0.05, 0) is 44.0 Å². The number of fused-ring (bicyclic) bond motifs is 1. The first-order valence-corrected chi connectivity index (χ1v) is 10.4. The van der Waals surface area contributed by atoms with Crippen LogP contribution in [0.15, 0.2) is 30.5 Å². The van der Waals surface area contributed by atoms with Crippen LogP contribution in [-0.4, -0.2) is 39.1 Å². The Balaban J connectivity index is 1.84. The molecule has 0 aliphatic rings. The molecule has 0 saturated carbocycles. The summed E-state index contributed by atoms with van der Waals surface area (Å²) >= 11 is 0. The van der Waals surface area contributed by atoms with Gasteiger partial charge in [-0.2, -0.15) is 5.26 Å². The van der Waals surface area contributed by atoms with Crippen molar-refractivity contribution in [2.45, 2.75) is 39.3 Å². The second-order valence-electron chi connectivity index (χ2n) is 7.66. The zero-order chi connectivity index (χ0) is 24.8. The number of nitrogens with zero attached hydrogens (tertiary/aromatic N) is 3. The van der Waals surface area contributed by atoms with Crippen LogP contribution in [0.3, 0.4) is 0 Å². The first kappa shape index (κ1) is 24.4. The maximum absolute atomic E-state index is 14.0. The van der Waals surface area contributed by atoms with E-state index in [0.717, 1.165) is 12.1 Å². The molecule has 1 unspecified atom stereocenters. The van der Waals surface area contributed by atoms with Crippen molar-refractivity contribution in [2.75, 3.05) is 6.54 Å². The fourth-order valence-electron chi connectivity index (χ4n) is 3.50. The first-order chi connectivity index (χ1) is 16.2. The Morgan fingerprint density at radius 2 is 2.00 bits per heavy atom. The smallest absolute Gasteiger partial charge is 0.404 e. The summed E-state index contributed by atoms with van der Waals surface area (Å²) in [6.45, 7) is 3.00. The minimum Gasteiger partial charge on any atom is -0.485 e. The molecule has 3 aromatic rings. The zero-order valence-corrected chi connectivity index (χ0v) is 18.6. The van der Waals surface area contributed by atoms with E-state index < -0.39 is 29.7 Å². The average molecular weight is 471 g/mol. The number of pyridine rings is 1. The lowest BCUT2D eigenvalue weighted by molar-refractivity contribution is 0.0941. The van der Waals surface area contributed by atoms with Crippen molar-refractivity contribution in [1.29, 1.82) is 5.26 Å². The van der Waals surface area contributed by atoms with E-state index >= 15 is 0 Å². The summed E-state index contributed by atoms with van der Waals surface area (Å²) in [6, 6.07) is 6.49. The molecule has 9 nitrogen and oxygen atoms in total. The van der Waals surface area contributed by atoms with Gasteiger partial charge >= 0.3 is 6.09 Å². The number of hydrogen-bond donors (Lipinski definition) is 3. The molecule has 1 atom stereocenters. The zero-order valence-electron chi connectivity index (χ0n) is 18.6. The summed E-state index contributed by atoms with van der Waals surface area (Å²) in [6.07, 6.45) is 0.771. The van der Waals surface area contributed by atoms with Crippen LogP contribution >= 0.6 is 0 Å². The van der Waals surface area contributed by atoms with E-state index in [-0.39, 0.29) is 48.6 Å². The highest BCUT2D eigenvalue weighted by molar-refractivity contribution is 5.95. The lowest BCUT2D eigenvalue weighted by atomic mass is 10.1. The van der Waals surface area contributed by atoms with Crippen molar-refractivity contribution in [3.8, 4) is 11.8 Å². The Labute approximate surface area is 194 Å². The lowest BCUT2D eigenvalue weighted by Crippen LogP contribution is -2.43. The molecular weight excluding hydrogens is 448 g/mol. The molecule has 0 fully saturated rings. The number of carbonyl (C=O) groups excluding carboxylic acids is 1. The highest BCUT2D eigenvalue weighted by Gasteiger charge is 2.21. The number of amides is 2. The Morgan fingerprint density at radius 1 is 1.29 bits per heavy atom. The molecule has 34 heavy (non-hydrogen) atoms. The van der Waals surface area contributed by atoms with Crippen LogP contribution in [0.25, 0.3) is 5.65 Å².